The van der Waals surface area contributed by atoms with Crippen molar-refractivity contribution in [3.8, 4) is 16.8 Å². The molecular formula is C51H38N4. The smallest absolute Gasteiger partial charge is 0.161 e. The van der Waals surface area contributed by atoms with Crippen molar-refractivity contribution < 1.29 is 0 Å². The van der Waals surface area contributed by atoms with Crippen molar-refractivity contribution in [3.63, 3.8) is 0 Å². The lowest BCUT2D eigenvalue weighted by Gasteiger charge is -2.21. The summed E-state index contributed by atoms with van der Waals surface area (Å²) in [4.78, 5) is 10.7. The van der Waals surface area contributed by atoms with Crippen LogP contribution in [0, 0.1) is 0 Å². The van der Waals surface area contributed by atoms with Gasteiger partial charge in [0.15, 0.2) is 5.84 Å². The molecule has 9 aromatic rings. The van der Waals surface area contributed by atoms with Crippen LogP contribution in [0.2, 0.25) is 0 Å². The molecule has 262 valence electrons. The van der Waals surface area contributed by atoms with Crippen molar-refractivity contribution in [1.29, 1.82) is 0 Å². The standard InChI is InChI=1S/C51H38N4/c1-51(2)40-21-10-6-19-38(40)48-41(51)31-32-46-49(48)39-20-9-13-25-45(39)54(46)35-29-27-33(28-30-35)42-22-14-26-47(53-50(52-42)34-15-4-3-5-16-34)55-43-23-11-7-17-36(43)37-18-8-12-24-44(37)55/h3-13,15-21,23-32H,14,22H2,1-2H3/b47-26+,52-42+,53-50-. The first-order valence-corrected chi connectivity index (χ1v) is 19.2. The molecule has 0 spiro atoms. The van der Waals surface area contributed by atoms with E-state index in [1.807, 2.05) is 6.07 Å². The Hall–Kier alpha value is -6.78. The van der Waals surface area contributed by atoms with Crippen LogP contribution in [0.15, 0.2) is 180 Å². The number of benzene rings is 7. The summed E-state index contributed by atoms with van der Waals surface area (Å²) < 4.78 is 4.73. The summed E-state index contributed by atoms with van der Waals surface area (Å²) in [7, 11) is 0. The van der Waals surface area contributed by atoms with E-state index < -0.39 is 0 Å². The van der Waals surface area contributed by atoms with Gasteiger partial charge >= 0.3 is 0 Å². The van der Waals surface area contributed by atoms with Crippen molar-refractivity contribution in [2.75, 3.05) is 0 Å². The van der Waals surface area contributed by atoms with E-state index in [0.29, 0.717) is 5.84 Å². The molecule has 55 heavy (non-hydrogen) atoms. The van der Waals surface area contributed by atoms with Gasteiger partial charge in [-0.25, -0.2) is 9.98 Å². The van der Waals surface area contributed by atoms with Gasteiger partial charge in [-0.15, -0.1) is 0 Å². The number of amidine groups is 1. The number of hydrogen-bond acceptors (Lipinski definition) is 2. The summed E-state index contributed by atoms with van der Waals surface area (Å²) in [5.41, 5.74) is 14.5. The molecule has 0 fully saturated rings. The fraction of sp³-hybridized carbons (Fsp3) is 0.0980. The number of rotatable bonds is 4. The Kier molecular flexibility index (Phi) is 6.99. The third-order valence-corrected chi connectivity index (χ3v) is 11.9. The average molecular weight is 707 g/mol. The van der Waals surface area contributed by atoms with Crippen LogP contribution in [0.25, 0.3) is 66.2 Å². The summed E-state index contributed by atoms with van der Waals surface area (Å²) in [5, 5.41) is 5.06. The zero-order valence-electron chi connectivity index (χ0n) is 30.9. The molecule has 4 nitrogen and oxygen atoms in total. The lowest BCUT2D eigenvalue weighted by Crippen LogP contribution is -2.14. The molecule has 0 saturated heterocycles. The molecule has 2 aliphatic rings. The van der Waals surface area contributed by atoms with E-state index in [1.54, 1.807) is 0 Å². The number of hydrogen-bond donors (Lipinski definition) is 0. The minimum Gasteiger partial charge on any atom is -0.309 e. The van der Waals surface area contributed by atoms with E-state index in [4.69, 9.17) is 9.98 Å². The highest BCUT2D eigenvalue weighted by molar-refractivity contribution is 6.18. The van der Waals surface area contributed by atoms with E-state index in [-0.39, 0.29) is 5.41 Å². The first-order chi connectivity index (χ1) is 27.1. The normalized spacial score (nSPS) is 17.9. The zero-order valence-corrected chi connectivity index (χ0v) is 30.9. The topological polar surface area (TPSA) is 34.6 Å². The van der Waals surface area contributed by atoms with Crippen molar-refractivity contribution >= 4 is 61.0 Å². The van der Waals surface area contributed by atoms with Gasteiger partial charge in [0.1, 0.15) is 5.82 Å². The first kappa shape index (κ1) is 31.7. The predicted molar refractivity (Wildman–Crippen MR) is 231 cm³/mol. The van der Waals surface area contributed by atoms with Crippen molar-refractivity contribution in [2.45, 2.75) is 32.1 Å². The summed E-state index contributed by atoms with van der Waals surface area (Å²) in [6.45, 7) is 4.71. The Morgan fingerprint density at radius 1 is 0.491 bits per heavy atom. The number of nitrogens with zero attached hydrogens (tertiary/aromatic N) is 4. The Morgan fingerprint density at radius 2 is 1.11 bits per heavy atom. The maximum atomic E-state index is 5.37. The quantitative estimate of drug-likeness (QED) is 0.175. The second kappa shape index (κ2) is 12.1. The minimum atomic E-state index is -0.0510. The highest BCUT2D eigenvalue weighted by Crippen LogP contribution is 2.53. The molecule has 1 aliphatic heterocycles. The molecule has 4 heteroatoms. The molecule has 0 amide bonds. The Morgan fingerprint density at radius 3 is 1.84 bits per heavy atom. The lowest BCUT2D eigenvalue weighted by atomic mass is 9.82. The predicted octanol–water partition coefficient (Wildman–Crippen LogP) is 12.7. The molecule has 3 heterocycles. The fourth-order valence-electron chi connectivity index (χ4n) is 9.27. The van der Waals surface area contributed by atoms with E-state index >= 15 is 0 Å². The zero-order chi connectivity index (χ0) is 36.7. The monoisotopic (exact) mass is 706 g/mol. The van der Waals surface area contributed by atoms with Gasteiger partial charge < -0.3 is 4.57 Å². The molecule has 7 aromatic carbocycles. The molecule has 1 aliphatic carbocycles. The van der Waals surface area contributed by atoms with Gasteiger partial charge in [0.2, 0.25) is 0 Å². The Balaban J connectivity index is 1.04. The van der Waals surface area contributed by atoms with E-state index in [0.717, 1.165) is 52.2 Å². The number of para-hydroxylation sites is 3. The molecule has 2 aromatic heterocycles. The molecule has 0 bridgehead atoms. The second-order valence-electron chi connectivity index (χ2n) is 15.3. The number of aliphatic imine (C=N–C) groups is 2. The van der Waals surface area contributed by atoms with Gasteiger partial charge in [0.25, 0.3) is 0 Å². The maximum Gasteiger partial charge on any atom is 0.161 e. The molecule has 0 N–H and O–H groups in total. The van der Waals surface area contributed by atoms with E-state index in [9.17, 15) is 0 Å². The third-order valence-electron chi connectivity index (χ3n) is 11.9. The van der Waals surface area contributed by atoms with E-state index in [1.165, 1.54) is 54.8 Å². The summed E-state index contributed by atoms with van der Waals surface area (Å²) in [6.07, 6.45) is 3.89. The molecule has 0 unspecified atom stereocenters. The van der Waals surface area contributed by atoms with Crippen LogP contribution in [0.1, 0.15) is 48.9 Å². The van der Waals surface area contributed by atoms with E-state index in [2.05, 4.69) is 187 Å². The first-order valence-electron chi connectivity index (χ1n) is 19.2. The van der Waals surface area contributed by atoms with Crippen LogP contribution in [0.5, 0.6) is 0 Å². The number of aromatic nitrogens is 2. The summed E-state index contributed by atoms with van der Waals surface area (Å²) in [5.74, 6) is 1.62. The van der Waals surface area contributed by atoms with Gasteiger partial charge in [-0.2, -0.15) is 0 Å². The average Bonchev–Trinajstić information content (AvgIpc) is 3.82. The number of allylic oxidation sites excluding steroid dienone is 1. The minimum absolute atomic E-state index is 0.0510. The number of fused-ring (bicyclic) bond motifs is 10. The SMILES string of the molecule is CC1(C)c2ccccc2-c2c1ccc1c2c2ccccc2n1-c1ccc(/C2=N/C(c3ccccc3)=N\C(n3c4ccccc4c4ccccc43)=C/CC2)cc1. The Labute approximate surface area is 320 Å². The molecule has 0 atom stereocenters. The van der Waals surface area contributed by atoms with Crippen LogP contribution in [0.3, 0.4) is 0 Å². The lowest BCUT2D eigenvalue weighted by molar-refractivity contribution is 0.661. The van der Waals surface area contributed by atoms with Gasteiger partial charge in [-0.1, -0.05) is 141 Å². The summed E-state index contributed by atoms with van der Waals surface area (Å²) in [6, 6.07) is 59.1. The van der Waals surface area contributed by atoms with Crippen LogP contribution in [-0.4, -0.2) is 20.7 Å². The maximum absolute atomic E-state index is 5.37. The molecule has 11 rings (SSSR count). The fourth-order valence-corrected chi connectivity index (χ4v) is 9.27. The van der Waals surface area contributed by atoms with Gasteiger partial charge in [0, 0.05) is 38.2 Å². The largest absolute Gasteiger partial charge is 0.309 e. The van der Waals surface area contributed by atoms with Crippen LogP contribution < -0.4 is 0 Å². The Bertz CT molecular complexity index is 3040. The highest BCUT2D eigenvalue weighted by atomic mass is 15.1. The van der Waals surface area contributed by atoms with Crippen molar-refractivity contribution in [1.82, 2.24) is 9.13 Å². The molecule has 0 radical (unpaired) electrons. The van der Waals surface area contributed by atoms with Gasteiger partial charge in [-0.05, 0) is 83.1 Å². The summed E-state index contributed by atoms with van der Waals surface area (Å²) >= 11 is 0. The molecular weight excluding hydrogens is 669 g/mol. The highest BCUT2D eigenvalue weighted by Gasteiger charge is 2.37. The second-order valence-corrected chi connectivity index (χ2v) is 15.3. The molecule has 0 saturated carbocycles. The van der Waals surface area contributed by atoms with Crippen molar-refractivity contribution in [2.24, 2.45) is 9.98 Å². The van der Waals surface area contributed by atoms with Gasteiger partial charge in [0.05, 0.1) is 27.8 Å². The van der Waals surface area contributed by atoms with Crippen molar-refractivity contribution in [3.05, 3.63) is 192 Å². The van der Waals surface area contributed by atoms with Gasteiger partial charge in [-0.3, -0.25) is 4.57 Å². The van der Waals surface area contributed by atoms with Crippen LogP contribution in [-0.2, 0) is 5.41 Å². The van der Waals surface area contributed by atoms with Crippen LogP contribution in [0.4, 0.5) is 0 Å². The van der Waals surface area contributed by atoms with Crippen LogP contribution >= 0.6 is 0 Å². The third kappa shape index (κ3) is 4.77.